The summed E-state index contributed by atoms with van der Waals surface area (Å²) < 4.78 is 3.21. The fourth-order valence-electron chi connectivity index (χ4n) is 4.01. The summed E-state index contributed by atoms with van der Waals surface area (Å²) in [6, 6.07) is 17.0. The van der Waals surface area contributed by atoms with Crippen LogP contribution >= 0.6 is 11.6 Å². The highest BCUT2D eigenvalue weighted by Crippen LogP contribution is 2.23. The van der Waals surface area contributed by atoms with Crippen molar-refractivity contribution in [3.63, 3.8) is 0 Å². The Hall–Kier alpha value is -4.17. The van der Waals surface area contributed by atoms with Crippen LogP contribution in [0.3, 0.4) is 0 Å². The Kier molecular flexibility index (Phi) is 6.45. The molecule has 5 rings (SSSR count). The molecule has 0 saturated carbocycles. The summed E-state index contributed by atoms with van der Waals surface area (Å²) in [6.45, 7) is 2.19. The van der Waals surface area contributed by atoms with Crippen molar-refractivity contribution >= 4 is 29.3 Å². The van der Waals surface area contributed by atoms with Crippen molar-refractivity contribution in [2.24, 2.45) is 0 Å². The smallest absolute Gasteiger partial charge is 0.292 e. The molecule has 0 aliphatic carbocycles. The van der Waals surface area contributed by atoms with E-state index in [4.69, 9.17) is 11.6 Å². The predicted molar refractivity (Wildman–Crippen MR) is 136 cm³/mol. The molecular weight excluding hydrogens is 464 g/mol. The van der Waals surface area contributed by atoms with Crippen LogP contribution in [0.4, 0.5) is 5.69 Å². The first-order valence-corrected chi connectivity index (χ1v) is 11.6. The van der Waals surface area contributed by atoms with Crippen LogP contribution in [0.5, 0.6) is 0 Å². The van der Waals surface area contributed by atoms with Crippen LogP contribution in [0.2, 0.25) is 5.02 Å². The van der Waals surface area contributed by atoms with Gasteiger partial charge in [0.2, 0.25) is 5.91 Å². The molecule has 1 fully saturated rings. The second-order valence-corrected chi connectivity index (χ2v) is 8.48. The molecule has 1 aliphatic heterocycles. The zero-order valence-electron chi connectivity index (χ0n) is 18.9. The van der Waals surface area contributed by atoms with Gasteiger partial charge in [-0.2, -0.15) is 9.78 Å². The number of halogens is 1. The van der Waals surface area contributed by atoms with Crippen LogP contribution in [0, 0.1) is 0 Å². The number of aromatic nitrogens is 4. The van der Waals surface area contributed by atoms with E-state index in [0.29, 0.717) is 37.6 Å². The van der Waals surface area contributed by atoms with Gasteiger partial charge in [0.1, 0.15) is 5.02 Å². The first-order chi connectivity index (χ1) is 17.1. The first-order valence-electron chi connectivity index (χ1n) is 11.2. The quantitative estimate of drug-likeness (QED) is 0.404. The van der Waals surface area contributed by atoms with Gasteiger partial charge < -0.3 is 14.4 Å². The lowest BCUT2D eigenvalue weighted by Gasteiger charge is -2.35. The molecule has 3 heterocycles. The molecule has 0 N–H and O–H groups in total. The summed E-state index contributed by atoms with van der Waals surface area (Å²) in [5, 5.41) is 4.43. The summed E-state index contributed by atoms with van der Waals surface area (Å²) in [5.74, 6) is -0.0490. The highest BCUT2D eigenvalue weighted by atomic mass is 35.5. The molecule has 4 aromatic rings. The minimum Gasteiger partial charge on any atom is -0.365 e. The van der Waals surface area contributed by atoms with Crippen LogP contribution in [0.1, 0.15) is 5.56 Å². The zero-order chi connectivity index (χ0) is 24.2. The number of amides is 1. The average molecular weight is 487 g/mol. The van der Waals surface area contributed by atoms with Gasteiger partial charge in [0.25, 0.3) is 5.56 Å². The van der Waals surface area contributed by atoms with E-state index < -0.39 is 0 Å². The number of hydrogen-bond donors (Lipinski definition) is 0. The second kappa shape index (κ2) is 9.99. The fourth-order valence-corrected chi connectivity index (χ4v) is 4.26. The van der Waals surface area contributed by atoms with Gasteiger partial charge in [-0.1, -0.05) is 41.9 Å². The Morgan fingerprint density at radius 3 is 2.37 bits per heavy atom. The van der Waals surface area contributed by atoms with E-state index in [9.17, 15) is 9.59 Å². The number of nitrogens with zero attached hydrogens (tertiary/aromatic N) is 6. The lowest BCUT2D eigenvalue weighted by molar-refractivity contribution is -0.126. The Morgan fingerprint density at radius 1 is 0.943 bits per heavy atom. The number of hydrogen-bond acceptors (Lipinski definition) is 5. The lowest BCUT2D eigenvalue weighted by atomic mass is 10.2. The van der Waals surface area contributed by atoms with Crippen molar-refractivity contribution in [1.82, 2.24) is 24.2 Å². The van der Waals surface area contributed by atoms with Gasteiger partial charge in [0, 0.05) is 50.3 Å². The number of benzene rings is 2. The van der Waals surface area contributed by atoms with Crippen LogP contribution in [-0.4, -0.2) is 56.3 Å². The highest BCUT2D eigenvalue weighted by molar-refractivity contribution is 6.33. The Bertz CT molecular complexity index is 1390. The molecule has 2 aromatic carbocycles. The van der Waals surface area contributed by atoms with Crippen molar-refractivity contribution in [2.45, 2.75) is 0 Å². The summed E-state index contributed by atoms with van der Waals surface area (Å²) in [6.07, 6.45) is 10.4. The Morgan fingerprint density at radius 2 is 1.69 bits per heavy atom. The Balaban J connectivity index is 1.20. The van der Waals surface area contributed by atoms with Gasteiger partial charge in [0.05, 0.1) is 23.9 Å². The zero-order valence-corrected chi connectivity index (χ0v) is 19.6. The standard InChI is InChI=1S/C26H23ClN6O2/c27-25-23(18-29-33(26(25)35)22-4-2-1-3-5-22)30-14-16-31(17-15-30)24(34)11-8-20-6-9-21(10-7-20)32-13-12-28-19-32/h1-13,18-19H,14-17H2/b11-8+. The number of imidazole rings is 1. The minimum absolute atomic E-state index is 0.0490. The molecular formula is C26H23ClN6O2. The highest BCUT2D eigenvalue weighted by Gasteiger charge is 2.23. The molecule has 1 amide bonds. The Labute approximate surface area is 207 Å². The van der Waals surface area contributed by atoms with Crippen molar-refractivity contribution in [3.05, 3.63) is 107 Å². The number of carbonyl (C=O) groups excluding carboxylic acids is 1. The SMILES string of the molecule is O=C(/C=C/c1ccc(-n2ccnc2)cc1)N1CCN(c2cnn(-c3ccccc3)c(=O)c2Cl)CC1. The molecule has 0 spiro atoms. The predicted octanol–water partition coefficient (Wildman–Crippen LogP) is 3.43. The fraction of sp³-hybridized carbons (Fsp3) is 0.154. The van der Waals surface area contributed by atoms with E-state index in [1.54, 1.807) is 41.8 Å². The topological polar surface area (TPSA) is 76.3 Å². The molecule has 35 heavy (non-hydrogen) atoms. The van der Waals surface area contributed by atoms with Crippen molar-refractivity contribution in [2.75, 3.05) is 31.1 Å². The number of para-hydroxylation sites is 1. The summed E-state index contributed by atoms with van der Waals surface area (Å²) in [7, 11) is 0. The van der Waals surface area contributed by atoms with Crippen LogP contribution in [0.25, 0.3) is 17.5 Å². The van der Waals surface area contributed by atoms with Gasteiger partial charge in [-0.05, 0) is 35.9 Å². The maximum Gasteiger partial charge on any atom is 0.292 e. The van der Waals surface area contributed by atoms with Crippen LogP contribution < -0.4 is 10.5 Å². The molecule has 8 nitrogen and oxygen atoms in total. The number of piperazine rings is 1. The van der Waals surface area contributed by atoms with Gasteiger partial charge in [-0.25, -0.2) is 4.98 Å². The third-order valence-corrected chi connectivity index (χ3v) is 6.30. The van der Waals surface area contributed by atoms with Gasteiger partial charge in [0.15, 0.2) is 0 Å². The van der Waals surface area contributed by atoms with Crippen molar-refractivity contribution in [1.29, 1.82) is 0 Å². The summed E-state index contributed by atoms with van der Waals surface area (Å²) >= 11 is 6.43. The third-order valence-electron chi connectivity index (χ3n) is 5.95. The van der Waals surface area contributed by atoms with Gasteiger partial charge in [-0.15, -0.1) is 0 Å². The monoisotopic (exact) mass is 486 g/mol. The van der Waals surface area contributed by atoms with E-state index in [-0.39, 0.29) is 16.5 Å². The molecule has 0 bridgehead atoms. The molecule has 0 unspecified atom stereocenters. The minimum atomic E-state index is -0.365. The third kappa shape index (κ3) is 4.88. The van der Waals surface area contributed by atoms with Gasteiger partial charge in [-0.3, -0.25) is 9.59 Å². The number of anilines is 1. The van der Waals surface area contributed by atoms with Gasteiger partial charge >= 0.3 is 0 Å². The maximum absolute atomic E-state index is 12.8. The lowest BCUT2D eigenvalue weighted by Crippen LogP contribution is -2.48. The molecule has 0 radical (unpaired) electrons. The molecule has 1 aliphatic rings. The van der Waals surface area contributed by atoms with Crippen molar-refractivity contribution < 1.29 is 4.79 Å². The van der Waals surface area contributed by atoms with E-state index >= 15 is 0 Å². The molecule has 1 saturated heterocycles. The first kappa shape index (κ1) is 22.6. The molecule has 0 atom stereocenters. The van der Waals surface area contributed by atoms with Crippen LogP contribution in [-0.2, 0) is 4.79 Å². The van der Waals surface area contributed by atoms with E-state index in [2.05, 4.69) is 10.1 Å². The molecule has 9 heteroatoms. The van der Waals surface area contributed by atoms with E-state index in [1.165, 1.54) is 4.68 Å². The average Bonchev–Trinajstić information content (AvgIpc) is 3.45. The normalized spacial score (nSPS) is 14.0. The molecule has 2 aromatic heterocycles. The summed E-state index contributed by atoms with van der Waals surface area (Å²) in [5.41, 5.74) is 2.83. The number of carbonyl (C=O) groups is 1. The molecule has 176 valence electrons. The maximum atomic E-state index is 12.8. The van der Waals surface area contributed by atoms with E-state index in [1.807, 2.05) is 64.2 Å². The van der Waals surface area contributed by atoms with Crippen LogP contribution in [0.15, 0.2) is 90.4 Å². The summed E-state index contributed by atoms with van der Waals surface area (Å²) in [4.78, 5) is 33.3. The van der Waals surface area contributed by atoms with Crippen molar-refractivity contribution in [3.8, 4) is 11.4 Å². The number of rotatable bonds is 5. The largest absolute Gasteiger partial charge is 0.365 e. The van der Waals surface area contributed by atoms with E-state index in [0.717, 1.165) is 11.3 Å². The second-order valence-electron chi connectivity index (χ2n) is 8.10.